The Morgan fingerprint density at radius 3 is 2.80 bits per heavy atom. The minimum Gasteiger partial charge on any atom is -0.351 e. The second-order valence-electron chi connectivity index (χ2n) is 4.81. The molecule has 2 N–H and O–H groups in total. The number of rotatable bonds is 4. The maximum absolute atomic E-state index is 12.1. The van der Waals surface area contributed by atoms with Crippen LogP contribution in [0.1, 0.15) is 15.9 Å². The zero-order chi connectivity index (χ0) is 13.7. The highest BCUT2D eigenvalue weighted by Gasteiger charge is 2.11. The van der Waals surface area contributed by atoms with E-state index < -0.39 is 0 Å². The van der Waals surface area contributed by atoms with Crippen molar-refractivity contribution >= 4 is 34.2 Å². The van der Waals surface area contributed by atoms with Gasteiger partial charge in [-0.05, 0) is 24.6 Å². The number of amides is 1. The molecule has 20 heavy (non-hydrogen) atoms. The Balaban J connectivity index is 0.00000200. The van der Waals surface area contributed by atoms with Crippen molar-refractivity contribution in [2.45, 2.75) is 6.92 Å². The van der Waals surface area contributed by atoms with Crippen LogP contribution in [0.15, 0.2) is 22.7 Å². The summed E-state index contributed by atoms with van der Waals surface area (Å²) in [7, 11) is 0. The number of halogens is 2. The Morgan fingerprint density at radius 2 is 2.10 bits per heavy atom. The largest absolute Gasteiger partial charge is 0.351 e. The van der Waals surface area contributed by atoms with Crippen LogP contribution in [0.2, 0.25) is 0 Å². The normalized spacial score (nSPS) is 15.5. The Kier molecular flexibility index (Phi) is 7.51. The topological polar surface area (TPSA) is 44.4 Å². The Hall–Kier alpha value is -0.620. The molecule has 1 fully saturated rings. The molecule has 0 bridgehead atoms. The molecule has 1 saturated heterocycles. The van der Waals surface area contributed by atoms with Crippen LogP contribution in [0.25, 0.3) is 0 Å². The molecule has 1 heterocycles. The fourth-order valence-corrected chi connectivity index (χ4v) is 2.56. The maximum Gasteiger partial charge on any atom is 0.251 e. The second-order valence-corrected chi connectivity index (χ2v) is 5.72. The van der Waals surface area contributed by atoms with E-state index in [1.165, 1.54) is 0 Å². The molecular weight excluding hydrogens is 342 g/mol. The van der Waals surface area contributed by atoms with Gasteiger partial charge in [-0.1, -0.05) is 22.0 Å². The number of nitrogens with zero attached hydrogens (tertiary/aromatic N) is 1. The molecular formula is C14H21BrClN3O. The third kappa shape index (κ3) is 5.05. The van der Waals surface area contributed by atoms with Gasteiger partial charge in [-0.2, -0.15) is 0 Å². The molecule has 0 saturated carbocycles. The van der Waals surface area contributed by atoms with Crippen LogP contribution in [0.5, 0.6) is 0 Å². The minimum atomic E-state index is 0. The van der Waals surface area contributed by atoms with Crippen molar-refractivity contribution in [2.75, 3.05) is 39.3 Å². The number of nitrogens with one attached hydrogen (secondary N) is 2. The van der Waals surface area contributed by atoms with Gasteiger partial charge in [0, 0.05) is 49.3 Å². The lowest BCUT2D eigenvalue weighted by Crippen LogP contribution is -2.46. The Bertz CT molecular complexity index is 450. The van der Waals surface area contributed by atoms with E-state index >= 15 is 0 Å². The number of carbonyl (C=O) groups excluding carboxylic acids is 1. The van der Waals surface area contributed by atoms with Crippen LogP contribution in [-0.4, -0.2) is 50.1 Å². The van der Waals surface area contributed by atoms with Gasteiger partial charge in [-0.15, -0.1) is 12.4 Å². The van der Waals surface area contributed by atoms with E-state index in [4.69, 9.17) is 0 Å². The maximum atomic E-state index is 12.1. The molecule has 0 atom stereocenters. The van der Waals surface area contributed by atoms with Gasteiger partial charge in [-0.25, -0.2) is 0 Å². The first-order valence-electron chi connectivity index (χ1n) is 6.64. The number of piperazine rings is 1. The quantitative estimate of drug-likeness (QED) is 0.859. The highest BCUT2D eigenvalue weighted by atomic mass is 79.9. The summed E-state index contributed by atoms with van der Waals surface area (Å²) >= 11 is 3.40. The van der Waals surface area contributed by atoms with Crippen molar-refractivity contribution in [1.82, 2.24) is 15.5 Å². The molecule has 1 aliphatic rings. The summed E-state index contributed by atoms with van der Waals surface area (Å²) in [5, 5.41) is 6.31. The summed E-state index contributed by atoms with van der Waals surface area (Å²) < 4.78 is 0.936. The number of hydrogen-bond acceptors (Lipinski definition) is 3. The average molecular weight is 363 g/mol. The molecule has 0 aromatic heterocycles. The molecule has 1 aliphatic heterocycles. The third-order valence-corrected chi connectivity index (χ3v) is 3.86. The van der Waals surface area contributed by atoms with Crippen LogP contribution in [0, 0.1) is 6.92 Å². The van der Waals surface area contributed by atoms with Crippen molar-refractivity contribution in [2.24, 2.45) is 0 Å². The molecule has 2 rings (SSSR count). The number of hydrogen-bond donors (Lipinski definition) is 2. The zero-order valence-electron chi connectivity index (χ0n) is 11.6. The summed E-state index contributed by atoms with van der Waals surface area (Å²) in [6.07, 6.45) is 0. The van der Waals surface area contributed by atoms with Crippen molar-refractivity contribution in [3.8, 4) is 0 Å². The summed E-state index contributed by atoms with van der Waals surface area (Å²) in [4.78, 5) is 14.5. The average Bonchev–Trinajstić information content (AvgIpc) is 2.42. The smallest absolute Gasteiger partial charge is 0.251 e. The van der Waals surface area contributed by atoms with Crippen LogP contribution in [-0.2, 0) is 0 Å². The van der Waals surface area contributed by atoms with Gasteiger partial charge >= 0.3 is 0 Å². The lowest BCUT2D eigenvalue weighted by molar-refractivity contribution is 0.0946. The second kappa shape index (κ2) is 8.62. The molecule has 4 nitrogen and oxygen atoms in total. The van der Waals surface area contributed by atoms with Gasteiger partial charge in [0.05, 0.1) is 0 Å². The summed E-state index contributed by atoms with van der Waals surface area (Å²) in [6.45, 7) is 7.78. The molecule has 6 heteroatoms. The van der Waals surface area contributed by atoms with E-state index in [1.54, 1.807) is 0 Å². The number of benzene rings is 1. The molecule has 0 spiro atoms. The fraction of sp³-hybridized carbons (Fsp3) is 0.500. The SMILES string of the molecule is Cc1ccc(Br)cc1C(=O)NCCN1CCNCC1.Cl. The molecule has 0 aliphatic carbocycles. The molecule has 1 aromatic carbocycles. The van der Waals surface area contributed by atoms with Crippen LogP contribution >= 0.6 is 28.3 Å². The van der Waals surface area contributed by atoms with E-state index in [0.29, 0.717) is 6.54 Å². The third-order valence-electron chi connectivity index (χ3n) is 3.37. The summed E-state index contributed by atoms with van der Waals surface area (Å²) in [6, 6.07) is 5.78. The lowest BCUT2D eigenvalue weighted by Gasteiger charge is -2.27. The lowest BCUT2D eigenvalue weighted by atomic mass is 10.1. The van der Waals surface area contributed by atoms with Gasteiger partial charge in [-0.3, -0.25) is 9.69 Å². The van der Waals surface area contributed by atoms with Crippen LogP contribution < -0.4 is 10.6 Å². The Morgan fingerprint density at radius 1 is 1.40 bits per heavy atom. The predicted molar refractivity (Wildman–Crippen MR) is 87.8 cm³/mol. The van der Waals surface area contributed by atoms with Crippen LogP contribution in [0.3, 0.4) is 0 Å². The van der Waals surface area contributed by atoms with E-state index in [-0.39, 0.29) is 18.3 Å². The predicted octanol–water partition coefficient (Wildman–Crippen LogP) is 1.81. The molecule has 1 amide bonds. The zero-order valence-corrected chi connectivity index (χ0v) is 14.0. The van der Waals surface area contributed by atoms with E-state index in [1.807, 2.05) is 25.1 Å². The Labute approximate surface area is 134 Å². The first-order valence-corrected chi connectivity index (χ1v) is 7.43. The first kappa shape index (κ1) is 17.4. The summed E-state index contributed by atoms with van der Waals surface area (Å²) in [5.74, 6) is 0.00827. The first-order chi connectivity index (χ1) is 9.16. The van der Waals surface area contributed by atoms with Crippen molar-refractivity contribution in [1.29, 1.82) is 0 Å². The summed E-state index contributed by atoms with van der Waals surface area (Å²) in [5.41, 5.74) is 1.75. The highest BCUT2D eigenvalue weighted by Crippen LogP contribution is 2.15. The number of aryl methyl sites for hydroxylation is 1. The monoisotopic (exact) mass is 361 g/mol. The standard InChI is InChI=1S/C14H20BrN3O.ClH/c1-11-2-3-12(15)10-13(11)14(19)17-6-9-18-7-4-16-5-8-18;/h2-3,10,16H,4-9H2,1H3,(H,17,19);1H. The van der Waals surface area contributed by atoms with Gasteiger partial charge < -0.3 is 10.6 Å². The van der Waals surface area contributed by atoms with Gasteiger partial charge in [0.2, 0.25) is 0 Å². The van der Waals surface area contributed by atoms with Crippen LogP contribution in [0.4, 0.5) is 0 Å². The van der Waals surface area contributed by atoms with Gasteiger partial charge in [0.15, 0.2) is 0 Å². The van der Waals surface area contributed by atoms with Crippen molar-refractivity contribution in [3.63, 3.8) is 0 Å². The minimum absolute atomic E-state index is 0. The van der Waals surface area contributed by atoms with E-state index in [9.17, 15) is 4.79 Å². The van der Waals surface area contributed by atoms with Gasteiger partial charge in [0.25, 0.3) is 5.91 Å². The number of carbonyl (C=O) groups is 1. The van der Waals surface area contributed by atoms with E-state index in [2.05, 4.69) is 31.5 Å². The molecule has 0 unspecified atom stereocenters. The highest BCUT2D eigenvalue weighted by molar-refractivity contribution is 9.10. The molecule has 112 valence electrons. The molecule has 1 aromatic rings. The molecule has 0 radical (unpaired) electrons. The fourth-order valence-electron chi connectivity index (χ4n) is 2.20. The van der Waals surface area contributed by atoms with Gasteiger partial charge in [0.1, 0.15) is 0 Å². The van der Waals surface area contributed by atoms with Crippen molar-refractivity contribution in [3.05, 3.63) is 33.8 Å². The van der Waals surface area contributed by atoms with Crippen molar-refractivity contribution < 1.29 is 4.79 Å². The van der Waals surface area contributed by atoms with E-state index in [0.717, 1.165) is 48.3 Å².